The number of rotatable bonds is 2. The van der Waals surface area contributed by atoms with Crippen molar-refractivity contribution in [2.24, 2.45) is 0 Å². The number of halogens is 1. The van der Waals surface area contributed by atoms with E-state index in [0.29, 0.717) is 0 Å². The van der Waals surface area contributed by atoms with Gasteiger partial charge in [-0.05, 0) is 17.7 Å². The molecule has 0 saturated carbocycles. The van der Waals surface area contributed by atoms with Crippen molar-refractivity contribution in [3.05, 3.63) is 29.1 Å². The lowest BCUT2D eigenvalue weighted by molar-refractivity contribution is 0.0692. The van der Waals surface area contributed by atoms with Gasteiger partial charge in [0.15, 0.2) is 11.6 Å². The van der Waals surface area contributed by atoms with Crippen LogP contribution in [-0.2, 0) is 6.61 Å². The molecule has 13 heavy (non-hydrogen) atoms. The first kappa shape index (κ1) is 9.47. The third-order valence-electron chi connectivity index (χ3n) is 1.54. The molecule has 3 N–H and O–H groups in total. The number of carboxylic acid groups (broad SMARTS) is 1. The average molecular weight is 186 g/mol. The van der Waals surface area contributed by atoms with Crippen LogP contribution in [0.2, 0.25) is 0 Å². The molecular weight excluding hydrogens is 179 g/mol. The van der Waals surface area contributed by atoms with E-state index in [9.17, 15) is 9.18 Å². The van der Waals surface area contributed by atoms with Gasteiger partial charge in [-0.2, -0.15) is 0 Å². The van der Waals surface area contributed by atoms with Gasteiger partial charge in [0.2, 0.25) is 0 Å². The minimum absolute atomic E-state index is 0.104. The van der Waals surface area contributed by atoms with E-state index in [1.54, 1.807) is 0 Å². The highest BCUT2D eigenvalue weighted by atomic mass is 19.1. The zero-order chi connectivity index (χ0) is 10.0. The molecule has 0 aliphatic carbocycles. The molecule has 0 aliphatic heterocycles. The molecule has 0 aliphatic rings. The first-order chi connectivity index (χ1) is 6.06. The number of benzene rings is 1. The number of aliphatic hydroxyl groups excluding tert-OH is 1. The molecule has 5 heteroatoms. The Morgan fingerprint density at radius 2 is 2.08 bits per heavy atom. The van der Waals surface area contributed by atoms with Crippen LogP contribution in [0.4, 0.5) is 4.39 Å². The third kappa shape index (κ3) is 1.75. The van der Waals surface area contributed by atoms with Gasteiger partial charge in [-0.15, -0.1) is 0 Å². The van der Waals surface area contributed by atoms with Crippen LogP contribution in [0.1, 0.15) is 15.9 Å². The molecule has 4 nitrogen and oxygen atoms in total. The molecule has 1 aromatic rings. The second-order valence-electron chi connectivity index (χ2n) is 2.44. The van der Waals surface area contributed by atoms with E-state index >= 15 is 0 Å². The molecule has 0 bridgehead atoms. The maximum Gasteiger partial charge on any atom is 0.339 e. The van der Waals surface area contributed by atoms with Crippen LogP contribution in [-0.4, -0.2) is 21.3 Å². The first-order valence-electron chi connectivity index (χ1n) is 3.41. The van der Waals surface area contributed by atoms with E-state index in [4.69, 9.17) is 15.3 Å². The highest BCUT2D eigenvalue weighted by molar-refractivity contribution is 5.91. The Kier molecular flexibility index (Phi) is 2.48. The van der Waals surface area contributed by atoms with Gasteiger partial charge in [0, 0.05) is 0 Å². The summed E-state index contributed by atoms with van der Waals surface area (Å²) in [4.78, 5) is 10.4. The molecule has 1 rings (SSSR count). The van der Waals surface area contributed by atoms with Gasteiger partial charge in [-0.1, -0.05) is 0 Å². The topological polar surface area (TPSA) is 77.8 Å². The molecule has 0 unspecified atom stereocenters. The largest absolute Gasteiger partial charge is 0.504 e. The van der Waals surface area contributed by atoms with Gasteiger partial charge in [0.25, 0.3) is 0 Å². The van der Waals surface area contributed by atoms with Crippen LogP contribution in [0.25, 0.3) is 0 Å². The Morgan fingerprint density at radius 3 is 2.54 bits per heavy atom. The summed E-state index contributed by atoms with van der Waals surface area (Å²) in [6.45, 7) is -0.475. The summed E-state index contributed by atoms with van der Waals surface area (Å²) < 4.78 is 12.8. The fourth-order valence-electron chi connectivity index (χ4n) is 0.910. The molecule has 0 fully saturated rings. The maximum absolute atomic E-state index is 12.8. The summed E-state index contributed by atoms with van der Waals surface area (Å²) in [5.41, 5.74) is -0.447. The molecule has 0 radical (unpaired) electrons. The molecule has 0 atom stereocenters. The SMILES string of the molecule is O=C(O)c1cc(CO)cc(F)c1O. The second kappa shape index (κ2) is 3.40. The van der Waals surface area contributed by atoms with Crippen molar-refractivity contribution in [3.8, 4) is 5.75 Å². The Bertz CT molecular complexity index is 348. The van der Waals surface area contributed by atoms with Crippen molar-refractivity contribution >= 4 is 5.97 Å². The van der Waals surface area contributed by atoms with E-state index in [2.05, 4.69) is 0 Å². The van der Waals surface area contributed by atoms with E-state index < -0.39 is 29.7 Å². The molecule has 0 heterocycles. The third-order valence-corrected chi connectivity index (χ3v) is 1.54. The Morgan fingerprint density at radius 1 is 1.46 bits per heavy atom. The second-order valence-corrected chi connectivity index (χ2v) is 2.44. The van der Waals surface area contributed by atoms with Crippen LogP contribution in [0, 0.1) is 5.82 Å². The summed E-state index contributed by atoms with van der Waals surface area (Å²) in [5, 5.41) is 26.1. The highest BCUT2D eigenvalue weighted by Crippen LogP contribution is 2.23. The minimum Gasteiger partial charge on any atom is -0.504 e. The van der Waals surface area contributed by atoms with Gasteiger partial charge in [-0.25, -0.2) is 9.18 Å². The van der Waals surface area contributed by atoms with Crippen molar-refractivity contribution in [1.82, 2.24) is 0 Å². The van der Waals surface area contributed by atoms with Crippen molar-refractivity contribution in [1.29, 1.82) is 0 Å². The zero-order valence-electron chi connectivity index (χ0n) is 6.49. The number of aliphatic hydroxyl groups is 1. The van der Waals surface area contributed by atoms with Crippen molar-refractivity contribution in [2.45, 2.75) is 6.61 Å². The number of phenols is 1. The molecule has 0 spiro atoms. The molecule has 70 valence electrons. The predicted molar refractivity (Wildman–Crippen MR) is 40.9 cm³/mol. The van der Waals surface area contributed by atoms with Crippen LogP contribution in [0.3, 0.4) is 0 Å². The summed E-state index contributed by atoms with van der Waals surface area (Å²) in [5.74, 6) is -3.40. The van der Waals surface area contributed by atoms with Crippen molar-refractivity contribution in [3.63, 3.8) is 0 Å². The fraction of sp³-hybridized carbons (Fsp3) is 0.125. The monoisotopic (exact) mass is 186 g/mol. The summed E-state index contributed by atoms with van der Waals surface area (Å²) in [6.07, 6.45) is 0. The quantitative estimate of drug-likeness (QED) is 0.636. The standard InChI is InChI=1S/C8H7FO4/c9-6-2-4(3-10)1-5(7(6)11)8(12)13/h1-2,10-11H,3H2,(H,12,13). The van der Waals surface area contributed by atoms with Crippen molar-refractivity contribution in [2.75, 3.05) is 0 Å². The lowest BCUT2D eigenvalue weighted by atomic mass is 10.1. The van der Waals surface area contributed by atoms with Crippen LogP contribution >= 0.6 is 0 Å². The minimum atomic E-state index is -1.44. The number of aromatic hydroxyl groups is 1. The summed E-state index contributed by atoms with van der Waals surface area (Å²) in [6, 6.07) is 1.89. The van der Waals surface area contributed by atoms with Crippen molar-refractivity contribution < 1.29 is 24.5 Å². The van der Waals surface area contributed by atoms with E-state index in [0.717, 1.165) is 12.1 Å². The zero-order valence-corrected chi connectivity index (χ0v) is 6.49. The number of aromatic carboxylic acids is 1. The summed E-state index contributed by atoms with van der Waals surface area (Å²) >= 11 is 0. The van der Waals surface area contributed by atoms with Crippen LogP contribution < -0.4 is 0 Å². The molecular formula is C8H7FO4. The van der Waals surface area contributed by atoms with E-state index in [1.165, 1.54) is 0 Å². The van der Waals surface area contributed by atoms with Gasteiger partial charge < -0.3 is 15.3 Å². The number of hydrogen-bond acceptors (Lipinski definition) is 3. The van der Waals surface area contributed by atoms with Gasteiger partial charge in [0.1, 0.15) is 5.56 Å². The molecule has 0 amide bonds. The Hall–Kier alpha value is -1.62. The number of hydrogen-bond donors (Lipinski definition) is 3. The highest BCUT2D eigenvalue weighted by Gasteiger charge is 2.14. The lowest BCUT2D eigenvalue weighted by Crippen LogP contribution is -2.00. The van der Waals surface area contributed by atoms with Gasteiger partial charge >= 0.3 is 5.97 Å². The Balaban J connectivity index is 3.33. The molecule has 0 aromatic heterocycles. The van der Waals surface area contributed by atoms with E-state index in [-0.39, 0.29) is 5.56 Å². The molecule has 0 saturated heterocycles. The normalized spacial score (nSPS) is 10.0. The maximum atomic E-state index is 12.8. The smallest absolute Gasteiger partial charge is 0.339 e. The first-order valence-corrected chi connectivity index (χ1v) is 3.41. The van der Waals surface area contributed by atoms with Crippen LogP contribution in [0.5, 0.6) is 5.75 Å². The van der Waals surface area contributed by atoms with Gasteiger partial charge in [0.05, 0.1) is 6.61 Å². The van der Waals surface area contributed by atoms with Crippen LogP contribution in [0.15, 0.2) is 12.1 Å². The molecule has 1 aromatic carbocycles. The number of carboxylic acids is 1. The summed E-state index contributed by atoms with van der Waals surface area (Å²) in [7, 11) is 0. The average Bonchev–Trinajstić information content (AvgIpc) is 2.09. The fourth-order valence-corrected chi connectivity index (χ4v) is 0.910. The lowest BCUT2D eigenvalue weighted by Gasteiger charge is -2.03. The van der Waals surface area contributed by atoms with Gasteiger partial charge in [-0.3, -0.25) is 0 Å². The number of carbonyl (C=O) groups is 1. The Labute approximate surface area is 72.9 Å². The predicted octanol–water partition coefficient (Wildman–Crippen LogP) is 0.722. The van der Waals surface area contributed by atoms with E-state index in [1.807, 2.05) is 0 Å².